The third kappa shape index (κ3) is 9.62. The Morgan fingerprint density at radius 1 is 0.826 bits per heavy atom. The molecule has 0 aliphatic carbocycles. The summed E-state index contributed by atoms with van der Waals surface area (Å²) >= 11 is 0. The second-order valence-corrected chi connectivity index (χ2v) is 6.15. The fourth-order valence-electron chi connectivity index (χ4n) is 3.12. The molecule has 0 saturated heterocycles. The van der Waals surface area contributed by atoms with Gasteiger partial charge in [0.1, 0.15) is 0 Å². The van der Waals surface area contributed by atoms with Gasteiger partial charge in [0.25, 0.3) is 5.97 Å². The second-order valence-electron chi connectivity index (χ2n) is 6.15. The lowest BCUT2D eigenvalue weighted by Gasteiger charge is -2.36. The number of unbranched alkanes of at least 4 members (excludes halogenated alkanes) is 5. The van der Waals surface area contributed by atoms with E-state index in [2.05, 4.69) is 12.2 Å². The van der Waals surface area contributed by atoms with Crippen LogP contribution in [0.2, 0.25) is 0 Å². The molecule has 0 heterocycles. The van der Waals surface area contributed by atoms with E-state index in [0.717, 1.165) is 32.4 Å². The van der Waals surface area contributed by atoms with Gasteiger partial charge in [-0.1, -0.05) is 45.4 Å². The molecular weight excluding hydrogens is 292 g/mol. The average molecular weight is 333 g/mol. The van der Waals surface area contributed by atoms with Gasteiger partial charge in [-0.05, 0) is 25.8 Å². The van der Waals surface area contributed by atoms with E-state index in [1.807, 2.05) is 0 Å². The van der Waals surface area contributed by atoms with Crippen molar-refractivity contribution in [2.75, 3.05) is 41.0 Å². The molecule has 0 rings (SSSR count). The van der Waals surface area contributed by atoms with Gasteiger partial charge >= 0.3 is 0 Å². The predicted octanol–water partition coefficient (Wildman–Crippen LogP) is 3.27. The number of hydrogen-bond donors (Lipinski definition) is 2. The van der Waals surface area contributed by atoms with Crippen molar-refractivity contribution in [2.45, 2.75) is 70.7 Å². The van der Waals surface area contributed by atoms with Crippen molar-refractivity contribution in [1.29, 1.82) is 0 Å². The molecule has 0 aromatic heterocycles. The highest BCUT2D eigenvalue weighted by molar-refractivity contribution is 4.72. The summed E-state index contributed by atoms with van der Waals surface area (Å²) in [4.78, 5) is 0. The molecule has 140 valence electrons. The number of ether oxygens (including phenoxy) is 3. The van der Waals surface area contributed by atoms with E-state index < -0.39 is 5.97 Å². The maximum Gasteiger partial charge on any atom is 0.285 e. The molecule has 0 bridgehead atoms. The van der Waals surface area contributed by atoms with Crippen molar-refractivity contribution in [1.82, 2.24) is 5.32 Å². The van der Waals surface area contributed by atoms with Gasteiger partial charge in [0, 0.05) is 40.3 Å². The summed E-state index contributed by atoms with van der Waals surface area (Å²) in [5, 5.41) is 3.34. The summed E-state index contributed by atoms with van der Waals surface area (Å²) in [6.45, 7) is 4.77. The zero-order chi connectivity index (χ0) is 17.4. The number of nitrogens with two attached hydrogens (primary N) is 1. The van der Waals surface area contributed by atoms with Crippen LogP contribution in [-0.4, -0.2) is 46.9 Å². The quantitative estimate of drug-likeness (QED) is 0.316. The lowest BCUT2D eigenvalue weighted by molar-refractivity contribution is -0.380. The van der Waals surface area contributed by atoms with E-state index in [1.165, 1.54) is 38.5 Å². The average Bonchev–Trinajstić information content (AvgIpc) is 2.58. The van der Waals surface area contributed by atoms with Crippen molar-refractivity contribution >= 4 is 0 Å². The minimum absolute atomic E-state index is 0.244. The lowest BCUT2D eigenvalue weighted by Crippen LogP contribution is -2.44. The van der Waals surface area contributed by atoms with Crippen molar-refractivity contribution < 1.29 is 14.2 Å². The van der Waals surface area contributed by atoms with E-state index >= 15 is 0 Å². The van der Waals surface area contributed by atoms with Gasteiger partial charge in [-0.3, -0.25) is 0 Å². The molecule has 0 unspecified atom stereocenters. The maximum absolute atomic E-state index is 5.59. The van der Waals surface area contributed by atoms with Crippen LogP contribution < -0.4 is 11.1 Å². The first-order valence-electron chi connectivity index (χ1n) is 9.26. The van der Waals surface area contributed by atoms with Crippen LogP contribution in [0.3, 0.4) is 0 Å². The van der Waals surface area contributed by atoms with E-state index in [4.69, 9.17) is 19.9 Å². The van der Waals surface area contributed by atoms with Gasteiger partial charge in [0.2, 0.25) is 0 Å². The first-order chi connectivity index (χ1) is 11.2. The Morgan fingerprint density at radius 3 is 1.96 bits per heavy atom. The summed E-state index contributed by atoms with van der Waals surface area (Å²) < 4.78 is 16.8. The van der Waals surface area contributed by atoms with Gasteiger partial charge in [-0.25, -0.2) is 0 Å². The lowest BCUT2D eigenvalue weighted by atomic mass is 9.93. The molecule has 0 aromatic rings. The zero-order valence-electron chi connectivity index (χ0n) is 15.9. The molecule has 23 heavy (non-hydrogen) atoms. The van der Waals surface area contributed by atoms with Gasteiger partial charge in [-0.15, -0.1) is 0 Å². The first kappa shape index (κ1) is 22.8. The molecule has 1 atom stereocenters. The zero-order valence-corrected chi connectivity index (χ0v) is 15.9. The smallest absolute Gasteiger partial charge is 0.285 e. The van der Waals surface area contributed by atoms with Gasteiger partial charge in [0.05, 0.1) is 0 Å². The maximum atomic E-state index is 5.59. The number of hydrogen-bond acceptors (Lipinski definition) is 5. The van der Waals surface area contributed by atoms with Crippen molar-refractivity contribution in [3.8, 4) is 0 Å². The summed E-state index contributed by atoms with van der Waals surface area (Å²) in [7, 11) is 4.98. The highest BCUT2D eigenvalue weighted by Crippen LogP contribution is 2.32. The minimum atomic E-state index is -0.919. The number of methoxy groups -OCH3 is 3. The third-order valence-corrected chi connectivity index (χ3v) is 4.49. The number of nitrogens with one attached hydrogen (secondary N) is 1. The topological polar surface area (TPSA) is 65.7 Å². The predicted molar refractivity (Wildman–Crippen MR) is 96.4 cm³/mol. The van der Waals surface area contributed by atoms with Crippen LogP contribution in [0, 0.1) is 5.92 Å². The van der Waals surface area contributed by atoms with Crippen molar-refractivity contribution in [2.24, 2.45) is 11.7 Å². The molecule has 0 aromatic carbocycles. The molecule has 0 aliphatic rings. The standard InChI is InChI=1S/C18H40N2O3/c1-5-6-7-8-9-10-12-17(13-11-15-20-16-14-19)18(21-2,22-3)23-4/h17,20H,5-16,19H2,1-4H3/t17-/m1/s1. The van der Waals surface area contributed by atoms with Crippen LogP contribution in [0.25, 0.3) is 0 Å². The Kier molecular flexibility index (Phi) is 15.2. The molecule has 0 aliphatic heterocycles. The van der Waals surface area contributed by atoms with Crippen LogP contribution in [0.4, 0.5) is 0 Å². The molecule has 0 spiro atoms. The Hall–Kier alpha value is -0.200. The molecule has 5 heteroatoms. The number of rotatable bonds is 17. The Morgan fingerprint density at radius 2 is 1.39 bits per heavy atom. The van der Waals surface area contributed by atoms with Crippen LogP contribution in [-0.2, 0) is 14.2 Å². The molecule has 0 radical (unpaired) electrons. The fraction of sp³-hybridized carbons (Fsp3) is 1.00. The Labute approximate surface area is 143 Å². The Balaban J connectivity index is 4.31. The van der Waals surface area contributed by atoms with E-state index in [1.54, 1.807) is 21.3 Å². The summed E-state index contributed by atoms with van der Waals surface area (Å²) in [5.74, 6) is -0.676. The molecule has 0 saturated carbocycles. The molecule has 5 nitrogen and oxygen atoms in total. The molecular formula is C18H40N2O3. The largest absolute Gasteiger partial charge is 0.331 e. The van der Waals surface area contributed by atoms with Crippen molar-refractivity contribution in [3.05, 3.63) is 0 Å². The third-order valence-electron chi connectivity index (χ3n) is 4.49. The van der Waals surface area contributed by atoms with Crippen LogP contribution in [0.1, 0.15) is 64.7 Å². The van der Waals surface area contributed by atoms with Gasteiger partial charge in [-0.2, -0.15) is 0 Å². The SMILES string of the molecule is CCCCCCCC[C@H](CCCNCCN)C(OC)(OC)OC. The first-order valence-corrected chi connectivity index (χ1v) is 9.26. The van der Waals surface area contributed by atoms with E-state index in [-0.39, 0.29) is 5.92 Å². The highest BCUT2D eigenvalue weighted by Gasteiger charge is 2.39. The van der Waals surface area contributed by atoms with E-state index in [9.17, 15) is 0 Å². The normalized spacial score (nSPS) is 13.4. The summed E-state index contributed by atoms with van der Waals surface area (Å²) in [5.41, 5.74) is 5.50. The van der Waals surface area contributed by atoms with E-state index in [0.29, 0.717) is 6.54 Å². The second kappa shape index (κ2) is 15.3. The van der Waals surface area contributed by atoms with Crippen LogP contribution in [0.15, 0.2) is 0 Å². The van der Waals surface area contributed by atoms with Crippen LogP contribution in [0.5, 0.6) is 0 Å². The summed E-state index contributed by atoms with van der Waals surface area (Å²) in [6, 6.07) is 0. The monoisotopic (exact) mass is 332 g/mol. The molecule has 3 N–H and O–H groups in total. The minimum Gasteiger partial charge on any atom is -0.331 e. The van der Waals surface area contributed by atoms with Gasteiger partial charge < -0.3 is 25.3 Å². The molecule has 0 amide bonds. The summed E-state index contributed by atoms with van der Waals surface area (Å²) in [6.07, 6.45) is 10.9. The van der Waals surface area contributed by atoms with Gasteiger partial charge in [0.15, 0.2) is 0 Å². The highest BCUT2D eigenvalue weighted by atomic mass is 16.9. The fourth-order valence-corrected chi connectivity index (χ4v) is 3.12. The Bertz CT molecular complexity index is 240. The van der Waals surface area contributed by atoms with Crippen molar-refractivity contribution in [3.63, 3.8) is 0 Å². The van der Waals surface area contributed by atoms with Crippen LogP contribution >= 0.6 is 0 Å². The molecule has 0 fully saturated rings.